The van der Waals surface area contributed by atoms with Gasteiger partial charge in [0.05, 0.1) is 6.61 Å². The highest BCUT2D eigenvalue weighted by Gasteiger charge is 2.13. The van der Waals surface area contributed by atoms with Crippen LogP contribution in [0.1, 0.15) is 16.7 Å². The van der Waals surface area contributed by atoms with Gasteiger partial charge in [-0.2, -0.15) is 4.98 Å². The second kappa shape index (κ2) is 10.1. The molecule has 0 aliphatic heterocycles. The van der Waals surface area contributed by atoms with Crippen LogP contribution in [-0.2, 0) is 19.8 Å². The van der Waals surface area contributed by atoms with Gasteiger partial charge in [0.1, 0.15) is 13.2 Å². The molecule has 1 aromatic heterocycles. The van der Waals surface area contributed by atoms with Gasteiger partial charge in [0, 0.05) is 16.7 Å². The number of hydrogen-bond donors (Lipinski definition) is 1. The highest BCUT2D eigenvalue weighted by atomic mass is 35.5. The van der Waals surface area contributed by atoms with E-state index in [1.807, 2.05) is 84.9 Å². The molecule has 1 heterocycles. The number of aromatic nitrogens is 1. The van der Waals surface area contributed by atoms with Crippen LogP contribution in [0.3, 0.4) is 0 Å². The first-order chi connectivity index (χ1) is 15.2. The Balaban J connectivity index is 1.61. The number of pyridine rings is 1. The molecule has 4 aromatic rings. The predicted octanol–water partition coefficient (Wildman–Crippen LogP) is 6.05. The molecule has 3 aromatic carbocycles. The van der Waals surface area contributed by atoms with Gasteiger partial charge in [0.15, 0.2) is 0 Å². The molecule has 156 valence electrons. The second-order valence-electron chi connectivity index (χ2n) is 7.02. The predicted molar refractivity (Wildman–Crippen MR) is 122 cm³/mol. The maximum absolute atomic E-state index is 9.40. The normalized spacial score (nSPS) is 10.6. The lowest BCUT2D eigenvalue weighted by molar-refractivity contribution is 0.268. The van der Waals surface area contributed by atoms with Crippen LogP contribution in [0.15, 0.2) is 91.0 Å². The molecular formula is C26H22ClNO3. The van der Waals surface area contributed by atoms with Crippen molar-refractivity contribution in [3.05, 3.63) is 113 Å². The van der Waals surface area contributed by atoms with E-state index in [0.717, 1.165) is 22.3 Å². The molecule has 0 spiro atoms. The molecule has 31 heavy (non-hydrogen) atoms. The molecule has 1 N–H and O–H groups in total. The summed E-state index contributed by atoms with van der Waals surface area (Å²) >= 11 is 6.31. The van der Waals surface area contributed by atoms with Crippen LogP contribution in [0.2, 0.25) is 5.02 Å². The number of hydrogen-bond acceptors (Lipinski definition) is 4. The number of benzene rings is 3. The summed E-state index contributed by atoms with van der Waals surface area (Å²) in [6.45, 7) is 0.689. The van der Waals surface area contributed by atoms with Gasteiger partial charge in [-0.3, -0.25) is 0 Å². The topological polar surface area (TPSA) is 51.6 Å². The third-order valence-corrected chi connectivity index (χ3v) is 5.17. The minimum Gasteiger partial charge on any atom is -0.473 e. The molecule has 0 unspecified atom stereocenters. The average Bonchev–Trinajstić information content (AvgIpc) is 2.83. The Kier molecular flexibility index (Phi) is 6.82. The van der Waals surface area contributed by atoms with Crippen molar-refractivity contribution in [2.24, 2.45) is 0 Å². The Labute approximate surface area is 186 Å². The van der Waals surface area contributed by atoms with Crippen LogP contribution in [-0.4, -0.2) is 10.1 Å². The van der Waals surface area contributed by atoms with Gasteiger partial charge >= 0.3 is 0 Å². The molecule has 0 bridgehead atoms. The smallest absolute Gasteiger partial charge is 0.225 e. The monoisotopic (exact) mass is 431 g/mol. The molecule has 0 aliphatic rings. The second-order valence-corrected chi connectivity index (χ2v) is 7.42. The maximum atomic E-state index is 9.40. The standard InChI is InChI=1S/C26H22ClNO3/c27-24-15-21(11-12-22(24)16-29)23-13-14-25(30-17-19-7-3-1-4-8-19)28-26(23)31-18-20-9-5-2-6-10-20/h1-15,29H,16-18H2. The summed E-state index contributed by atoms with van der Waals surface area (Å²) < 4.78 is 12.0. The van der Waals surface area contributed by atoms with Crippen molar-refractivity contribution >= 4 is 11.6 Å². The summed E-state index contributed by atoms with van der Waals surface area (Å²) in [5.41, 5.74) is 4.43. The third-order valence-electron chi connectivity index (χ3n) is 4.82. The van der Waals surface area contributed by atoms with Gasteiger partial charge in [-0.1, -0.05) is 84.4 Å². The van der Waals surface area contributed by atoms with Crippen molar-refractivity contribution in [2.45, 2.75) is 19.8 Å². The zero-order chi connectivity index (χ0) is 21.5. The van der Waals surface area contributed by atoms with Gasteiger partial charge in [0.2, 0.25) is 11.8 Å². The minimum atomic E-state index is -0.110. The van der Waals surface area contributed by atoms with Crippen LogP contribution in [0, 0.1) is 0 Å². The van der Waals surface area contributed by atoms with Crippen molar-refractivity contribution in [2.75, 3.05) is 0 Å². The fourth-order valence-electron chi connectivity index (χ4n) is 3.13. The van der Waals surface area contributed by atoms with Crippen molar-refractivity contribution < 1.29 is 14.6 Å². The SMILES string of the molecule is OCc1ccc(-c2ccc(OCc3ccccc3)nc2OCc2ccccc2)cc1Cl. The number of halogens is 1. The first kappa shape index (κ1) is 20.9. The highest BCUT2D eigenvalue weighted by molar-refractivity contribution is 6.31. The number of rotatable bonds is 8. The molecule has 0 radical (unpaired) electrons. The Morgan fingerprint density at radius 2 is 1.39 bits per heavy atom. The van der Waals surface area contributed by atoms with E-state index in [0.29, 0.717) is 35.6 Å². The molecule has 0 saturated carbocycles. The summed E-state index contributed by atoms with van der Waals surface area (Å²) in [6.07, 6.45) is 0. The molecule has 0 amide bonds. The molecule has 4 nitrogen and oxygen atoms in total. The highest BCUT2D eigenvalue weighted by Crippen LogP contribution is 2.33. The Hall–Kier alpha value is -3.34. The molecule has 0 atom stereocenters. The van der Waals surface area contributed by atoms with Crippen molar-refractivity contribution in [3.63, 3.8) is 0 Å². The summed E-state index contributed by atoms with van der Waals surface area (Å²) in [5.74, 6) is 0.941. The Morgan fingerprint density at radius 1 is 0.742 bits per heavy atom. The van der Waals surface area contributed by atoms with E-state index in [1.54, 1.807) is 6.07 Å². The van der Waals surface area contributed by atoms with Gasteiger partial charge in [0.25, 0.3) is 0 Å². The zero-order valence-corrected chi connectivity index (χ0v) is 17.6. The quantitative estimate of drug-likeness (QED) is 0.369. The summed E-state index contributed by atoms with van der Waals surface area (Å²) in [5, 5.41) is 9.89. The first-order valence-electron chi connectivity index (χ1n) is 9.97. The molecule has 5 heteroatoms. The first-order valence-corrected chi connectivity index (χ1v) is 10.3. The van der Waals surface area contributed by atoms with Gasteiger partial charge in [-0.25, -0.2) is 0 Å². The minimum absolute atomic E-state index is 0.110. The van der Waals surface area contributed by atoms with E-state index in [-0.39, 0.29) is 6.61 Å². The lowest BCUT2D eigenvalue weighted by atomic mass is 10.1. The van der Waals surface area contributed by atoms with Crippen molar-refractivity contribution in [1.29, 1.82) is 0 Å². The van der Waals surface area contributed by atoms with Crippen LogP contribution >= 0.6 is 11.6 Å². The van der Waals surface area contributed by atoms with E-state index < -0.39 is 0 Å². The van der Waals surface area contributed by atoms with Crippen molar-refractivity contribution in [1.82, 2.24) is 4.98 Å². The number of aliphatic hydroxyl groups excluding tert-OH is 1. The van der Waals surface area contributed by atoms with E-state index in [9.17, 15) is 5.11 Å². The van der Waals surface area contributed by atoms with Crippen molar-refractivity contribution in [3.8, 4) is 22.9 Å². The number of ether oxygens (including phenoxy) is 2. The maximum Gasteiger partial charge on any atom is 0.225 e. The lowest BCUT2D eigenvalue weighted by Crippen LogP contribution is -2.02. The molecule has 0 saturated heterocycles. The summed E-state index contributed by atoms with van der Waals surface area (Å²) in [6, 6.07) is 29.1. The van der Waals surface area contributed by atoms with Crippen LogP contribution in [0.4, 0.5) is 0 Å². The van der Waals surface area contributed by atoms with Crippen LogP contribution < -0.4 is 9.47 Å². The average molecular weight is 432 g/mol. The third kappa shape index (κ3) is 5.43. The zero-order valence-electron chi connectivity index (χ0n) is 16.9. The van der Waals surface area contributed by atoms with Gasteiger partial charge < -0.3 is 14.6 Å². The Bertz CT molecular complexity index is 1130. The van der Waals surface area contributed by atoms with E-state index in [2.05, 4.69) is 4.98 Å². The fraction of sp³-hybridized carbons (Fsp3) is 0.115. The Morgan fingerprint density at radius 3 is 2.00 bits per heavy atom. The molecule has 0 aliphatic carbocycles. The number of aliphatic hydroxyl groups is 1. The summed E-state index contributed by atoms with van der Waals surface area (Å²) in [7, 11) is 0. The fourth-order valence-corrected chi connectivity index (χ4v) is 3.37. The largest absolute Gasteiger partial charge is 0.473 e. The van der Waals surface area contributed by atoms with E-state index in [1.165, 1.54) is 0 Å². The molecule has 0 fully saturated rings. The molecule has 4 rings (SSSR count). The number of nitrogens with zero attached hydrogens (tertiary/aromatic N) is 1. The van der Waals surface area contributed by atoms with E-state index in [4.69, 9.17) is 21.1 Å². The van der Waals surface area contributed by atoms with Gasteiger partial charge in [-0.15, -0.1) is 0 Å². The summed E-state index contributed by atoms with van der Waals surface area (Å²) in [4.78, 5) is 4.61. The van der Waals surface area contributed by atoms with Gasteiger partial charge in [-0.05, 0) is 34.4 Å². The van der Waals surface area contributed by atoms with Crippen LogP contribution in [0.5, 0.6) is 11.8 Å². The van der Waals surface area contributed by atoms with E-state index >= 15 is 0 Å². The lowest BCUT2D eigenvalue weighted by Gasteiger charge is -2.14. The molecular weight excluding hydrogens is 410 g/mol. The van der Waals surface area contributed by atoms with Crippen LogP contribution in [0.25, 0.3) is 11.1 Å².